The van der Waals surface area contributed by atoms with E-state index in [2.05, 4.69) is 16.0 Å². The van der Waals surface area contributed by atoms with Crippen molar-refractivity contribution in [2.45, 2.75) is 70.1 Å². The summed E-state index contributed by atoms with van der Waals surface area (Å²) < 4.78 is 0. The number of carbonyl (C=O) groups excluding carboxylic acids is 5. The summed E-state index contributed by atoms with van der Waals surface area (Å²) in [6.45, 7) is 3.61. The molecule has 0 aliphatic carbocycles. The van der Waals surface area contributed by atoms with E-state index in [-0.39, 0.29) is 31.6 Å². The number of amides is 5. The Bertz CT molecular complexity index is 970. The number of carboxylic acids is 1. The Labute approximate surface area is 214 Å². The molecule has 4 atom stereocenters. The van der Waals surface area contributed by atoms with Crippen LogP contribution in [0.1, 0.15) is 45.1 Å². The number of carboxylic acid groups (broad SMARTS) is 1. The number of carbonyl (C=O) groups is 6. The lowest BCUT2D eigenvalue weighted by molar-refractivity contribution is -0.142. The highest BCUT2D eigenvalue weighted by atomic mass is 16.4. The van der Waals surface area contributed by atoms with Crippen molar-refractivity contribution in [3.05, 3.63) is 35.9 Å². The van der Waals surface area contributed by atoms with Crippen LogP contribution in [0.4, 0.5) is 0 Å². The average Bonchev–Trinajstić information content (AvgIpc) is 2.80. The second kappa shape index (κ2) is 15.2. The molecule has 10 N–H and O–H groups in total. The summed E-state index contributed by atoms with van der Waals surface area (Å²) in [5, 5.41) is 16.8. The van der Waals surface area contributed by atoms with Crippen molar-refractivity contribution in [3.63, 3.8) is 0 Å². The van der Waals surface area contributed by atoms with E-state index in [9.17, 15) is 33.9 Å². The summed E-state index contributed by atoms with van der Waals surface area (Å²) in [5.74, 6) is -5.20. The normalized spacial score (nSPS) is 14.1. The van der Waals surface area contributed by atoms with E-state index in [0.717, 1.165) is 0 Å². The fourth-order valence-electron chi connectivity index (χ4n) is 3.44. The SMILES string of the molecule is CC(C)CC(NC(=O)C(Cc1ccccc1)NC(=O)C(N)CC(N)=O)C(=O)NC(CCC(N)=O)C(=O)O. The molecule has 1 rings (SSSR count). The maximum absolute atomic E-state index is 13.2. The molecule has 1 aromatic carbocycles. The van der Waals surface area contributed by atoms with Gasteiger partial charge >= 0.3 is 5.97 Å². The Balaban J connectivity index is 3.10. The molecule has 0 saturated heterocycles. The van der Waals surface area contributed by atoms with Crippen LogP contribution in [0.5, 0.6) is 0 Å². The van der Waals surface area contributed by atoms with Gasteiger partial charge in [0, 0.05) is 12.8 Å². The molecular weight excluding hydrogens is 484 g/mol. The molecule has 0 heterocycles. The van der Waals surface area contributed by atoms with Crippen LogP contribution in [0, 0.1) is 5.92 Å². The zero-order valence-electron chi connectivity index (χ0n) is 20.9. The van der Waals surface area contributed by atoms with Crippen LogP contribution < -0.4 is 33.2 Å². The molecule has 13 heteroatoms. The lowest BCUT2D eigenvalue weighted by Crippen LogP contribution is -2.58. The third kappa shape index (κ3) is 12.0. The second-order valence-electron chi connectivity index (χ2n) is 9.12. The average molecular weight is 521 g/mol. The number of rotatable bonds is 16. The molecule has 0 bridgehead atoms. The van der Waals surface area contributed by atoms with E-state index in [4.69, 9.17) is 17.2 Å². The topological polar surface area (TPSA) is 237 Å². The highest BCUT2D eigenvalue weighted by molar-refractivity contribution is 5.95. The number of primary amides is 2. The van der Waals surface area contributed by atoms with Gasteiger partial charge in [0.25, 0.3) is 0 Å². The number of nitrogens with two attached hydrogens (primary N) is 3. The molecule has 0 aromatic heterocycles. The predicted octanol–water partition coefficient (Wildman–Crippen LogP) is -1.72. The van der Waals surface area contributed by atoms with Gasteiger partial charge < -0.3 is 38.3 Å². The second-order valence-corrected chi connectivity index (χ2v) is 9.12. The highest BCUT2D eigenvalue weighted by Crippen LogP contribution is 2.09. The molecule has 0 radical (unpaired) electrons. The molecule has 0 saturated carbocycles. The molecule has 0 aliphatic rings. The van der Waals surface area contributed by atoms with Crippen molar-refractivity contribution in [2.24, 2.45) is 23.1 Å². The third-order valence-corrected chi connectivity index (χ3v) is 5.31. The van der Waals surface area contributed by atoms with Crippen LogP contribution in [0.2, 0.25) is 0 Å². The first-order valence-electron chi connectivity index (χ1n) is 11.8. The van der Waals surface area contributed by atoms with Crippen LogP contribution in [0.25, 0.3) is 0 Å². The number of nitrogens with one attached hydrogen (secondary N) is 3. The Morgan fingerprint density at radius 2 is 1.35 bits per heavy atom. The third-order valence-electron chi connectivity index (χ3n) is 5.31. The van der Waals surface area contributed by atoms with E-state index in [1.807, 2.05) is 0 Å². The van der Waals surface area contributed by atoms with E-state index < -0.39 is 66.1 Å². The molecule has 0 aliphatic heterocycles. The fraction of sp³-hybridized carbons (Fsp3) is 0.500. The van der Waals surface area contributed by atoms with Gasteiger partial charge in [-0.2, -0.15) is 0 Å². The Hall–Kier alpha value is -4.00. The summed E-state index contributed by atoms with van der Waals surface area (Å²) >= 11 is 0. The summed E-state index contributed by atoms with van der Waals surface area (Å²) in [7, 11) is 0. The molecule has 37 heavy (non-hydrogen) atoms. The fourth-order valence-corrected chi connectivity index (χ4v) is 3.44. The van der Waals surface area contributed by atoms with Crippen LogP contribution in [0.3, 0.4) is 0 Å². The largest absolute Gasteiger partial charge is 0.480 e. The minimum Gasteiger partial charge on any atom is -0.480 e. The monoisotopic (exact) mass is 520 g/mol. The molecule has 0 spiro atoms. The lowest BCUT2D eigenvalue weighted by Gasteiger charge is -2.26. The first-order valence-corrected chi connectivity index (χ1v) is 11.8. The van der Waals surface area contributed by atoms with Gasteiger partial charge in [0.1, 0.15) is 18.1 Å². The van der Waals surface area contributed by atoms with Crippen molar-refractivity contribution in [1.29, 1.82) is 0 Å². The van der Waals surface area contributed by atoms with Crippen molar-refractivity contribution in [2.75, 3.05) is 0 Å². The minimum atomic E-state index is -1.39. The Kier molecular flexibility index (Phi) is 12.7. The lowest BCUT2D eigenvalue weighted by atomic mass is 10.00. The van der Waals surface area contributed by atoms with Crippen LogP contribution in [0.15, 0.2) is 30.3 Å². The number of benzene rings is 1. The number of hydrogen-bond acceptors (Lipinski definition) is 7. The van der Waals surface area contributed by atoms with E-state index in [0.29, 0.717) is 5.56 Å². The summed E-state index contributed by atoms with van der Waals surface area (Å²) in [6.07, 6.45) is -0.689. The quantitative estimate of drug-likeness (QED) is 0.132. The number of aliphatic carboxylic acids is 1. The van der Waals surface area contributed by atoms with Gasteiger partial charge in [-0.05, 0) is 24.3 Å². The maximum Gasteiger partial charge on any atom is 0.326 e. The highest BCUT2D eigenvalue weighted by Gasteiger charge is 2.31. The van der Waals surface area contributed by atoms with E-state index in [1.54, 1.807) is 44.2 Å². The molecule has 0 fully saturated rings. The smallest absolute Gasteiger partial charge is 0.326 e. The Morgan fingerprint density at radius 1 is 0.811 bits per heavy atom. The molecule has 1 aromatic rings. The minimum absolute atomic E-state index is 0.0497. The first kappa shape index (κ1) is 31.0. The van der Waals surface area contributed by atoms with Crippen molar-refractivity contribution < 1.29 is 33.9 Å². The molecular formula is C24H36N6O7. The summed E-state index contributed by atoms with van der Waals surface area (Å²) in [4.78, 5) is 72.4. The van der Waals surface area contributed by atoms with Gasteiger partial charge in [0.05, 0.1) is 12.5 Å². The maximum atomic E-state index is 13.2. The van der Waals surface area contributed by atoms with Gasteiger partial charge in [-0.3, -0.25) is 24.0 Å². The van der Waals surface area contributed by atoms with Crippen LogP contribution >= 0.6 is 0 Å². The van der Waals surface area contributed by atoms with Crippen molar-refractivity contribution >= 4 is 35.5 Å². The van der Waals surface area contributed by atoms with E-state index in [1.165, 1.54) is 0 Å². The summed E-state index contributed by atoms with van der Waals surface area (Å²) in [6, 6.07) is 3.78. The zero-order chi connectivity index (χ0) is 28.1. The first-order chi connectivity index (χ1) is 17.3. The van der Waals surface area contributed by atoms with E-state index >= 15 is 0 Å². The van der Waals surface area contributed by atoms with Gasteiger partial charge in [-0.1, -0.05) is 44.2 Å². The standard InChI is InChI=1S/C24H36N6O7/c1-13(2)10-17(22(34)28-16(24(36)37)8-9-19(26)31)30-23(35)18(11-14-6-4-3-5-7-14)29-21(33)15(25)12-20(27)32/h3-7,13,15-18H,8-12,25H2,1-2H3,(H2,26,31)(H2,27,32)(H,28,34)(H,29,33)(H,30,35)(H,36,37). The number of hydrogen-bond donors (Lipinski definition) is 7. The van der Waals surface area contributed by atoms with Crippen molar-refractivity contribution in [3.8, 4) is 0 Å². The van der Waals surface area contributed by atoms with Gasteiger partial charge in [-0.25, -0.2) is 4.79 Å². The molecule has 13 nitrogen and oxygen atoms in total. The molecule has 204 valence electrons. The van der Waals surface area contributed by atoms with Gasteiger partial charge in [-0.15, -0.1) is 0 Å². The van der Waals surface area contributed by atoms with Crippen molar-refractivity contribution in [1.82, 2.24) is 16.0 Å². The Morgan fingerprint density at radius 3 is 1.86 bits per heavy atom. The predicted molar refractivity (Wildman–Crippen MR) is 133 cm³/mol. The van der Waals surface area contributed by atoms with Crippen LogP contribution in [-0.2, 0) is 35.2 Å². The van der Waals surface area contributed by atoms with Gasteiger partial charge in [0.2, 0.25) is 29.5 Å². The van der Waals surface area contributed by atoms with Crippen LogP contribution in [-0.4, -0.2) is 64.8 Å². The molecule has 4 unspecified atom stereocenters. The zero-order valence-corrected chi connectivity index (χ0v) is 20.9. The summed E-state index contributed by atoms with van der Waals surface area (Å²) in [5.41, 5.74) is 16.6. The molecule has 5 amide bonds. The van der Waals surface area contributed by atoms with Gasteiger partial charge in [0.15, 0.2) is 0 Å².